The van der Waals surface area contributed by atoms with Crippen molar-refractivity contribution < 1.29 is 102 Å². The van der Waals surface area contributed by atoms with Crippen molar-refractivity contribution in [2.45, 2.75) is 234 Å². The fraction of sp³-hybridized carbons (Fsp3) is 0.522. The Morgan fingerprint density at radius 2 is 1.07 bits per heavy atom. The van der Waals surface area contributed by atoms with Gasteiger partial charge in [0.25, 0.3) is 0 Å². The van der Waals surface area contributed by atoms with Crippen molar-refractivity contribution in [1.82, 2.24) is 97.9 Å². The van der Waals surface area contributed by atoms with Gasteiger partial charge in [0.2, 0.25) is 100 Å². The van der Waals surface area contributed by atoms with E-state index >= 15 is 47.9 Å². The second kappa shape index (κ2) is 51.9. The number of carboxylic acid groups (broad SMARTS) is 1. The minimum atomic E-state index is -2.06. The number of imidazole rings is 1. The van der Waals surface area contributed by atoms with Gasteiger partial charge in [0, 0.05) is 106 Å². The number of carboxylic acids is 1. The third-order valence-electron chi connectivity index (χ3n) is 24.4. The van der Waals surface area contributed by atoms with Gasteiger partial charge in [-0.1, -0.05) is 102 Å². The molecule has 14 atom stereocenters. The molecule has 0 saturated carbocycles. The summed E-state index contributed by atoms with van der Waals surface area (Å²) in [6.45, 7) is 5.12. The second-order valence-corrected chi connectivity index (χ2v) is 37.0. The number of nitrogens with zero attached hydrogens (tertiary/aromatic N) is 6. The Hall–Kier alpha value is -13.8. The summed E-state index contributed by atoms with van der Waals surface area (Å²) in [5, 5.41) is 71.9. The zero-order valence-electron chi connectivity index (χ0n) is 78.2. The number of nitrogens with one attached hydrogen (secondary N) is 14. The minimum Gasteiger partial charge on any atom is -0.508 e. The first kappa shape index (κ1) is 108. The number of thioether (sulfide) groups is 1. The van der Waals surface area contributed by atoms with Gasteiger partial charge < -0.3 is 125 Å². The molecule has 3 saturated heterocycles. The van der Waals surface area contributed by atoms with Crippen LogP contribution in [0, 0.1) is 11.3 Å². The van der Waals surface area contributed by atoms with Crippen LogP contribution < -0.4 is 75.7 Å². The molecule has 23 N–H and O–H groups in total. The van der Waals surface area contributed by atoms with E-state index in [-0.39, 0.29) is 108 Å². The van der Waals surface area contributed by atoms with Crippen LogP contribution >= 0.6 is 23.1 Å². The molecule has 6 heterocycles. The van der Waals surface area contributed by atoms with Crippen molar-refractivity contribution in [3.05, 3.63) is 119 Å². The number of aromatic hydroxyl groups is 1. The summed E-state index contributed by atoms with van der Waals surface area (Å²) in [5.41, 5.74) is 19.1. The van der Waals surface area contributed by atoms with Crippen LogP contribution in [-0.2, 0) is 112 Å². The number of thiophene rings is 1. The number of aliphatic hydroxyl groups is 1. The Kier molecular flexibility index (Phi) is 40.6. The zero-order chi connectivity index (χ0) is 101. The number of aliphatic hydroxyl groups excluding tert-OH is 1. The molecule has 0 radical (unpaired) electrons. The van der Waals surface area contributed by atoms with Gasteiger partial charge in [-0.2, -0.15) is 0 Å². The van der Waals surface area contributed by atoms with E-state index in [0.717, 1.165) is 26.4 Å². The Bertz CT molecular complexity index is 5350. The van der Waals surface area contributed by atoms with Crippen LogP contribution in [0.1, 0.15) is 146 Å². The molecule has 0 spiro atoms. The van der Waals surface area contributed by atoms with E-state index in [9.17, 15) is 53.7 Å². The average molecular weight is 1960 g/mol. The maximum atomic E-state index is 15.8. The monoisotopic (exact) mass is 1950 g/mol. The molecule has 0 unspecified atom stereocenters. The number of fused-ring (bicyclic) bond motifs is 4. The van der Waals surface area contributed by atoms with Crippen molar-refractivity contribution in [3.8, 4) is 5.75 Å². The van der Waals surface area contributed by atoms with Crippen molar-refractivity contribution in [2.24, 2.45) is 23.1 Å². The fourth-order valence-corrected chi connectivity index (χ4v) is 18.8. The number of aromatic amines is 2. The summed E-state index contributed by atoms with van der Waals surface area (Å²) < 4.78 is 0.815. The highest BCUT2D eigenvalue weighted by molar-refractivity contribution is 8.00. The molecule has 46 heteroatoms. The molecule has 138 heavy (non-hydrogen) atoms. The minimum absolute atomic E-state index is 0.00811. The first-order chi connectivity index (χ1) is 65.8. The number of para-hydroxylation sites is 1. The summed E-state index contributed by atoms with van der Waals surface area (Å²) in [6, 6.07) is -2.85. The lowest BCUT2D eigenvalue weighted by Crippen LogP contribution is -2.62. The van der Waals surface area contributed by atoms with Gasteiger partial charge in [-0.15, -0.1) is 23.1 Å². The highest BCUT2D eigenvalue weighted by Gasteiger charge is 2.46. The van der Waals surface area contributed by atoms with Crippen LogP contribution in [0.15, 0.2) is 96.9 Å². The number of aliphatic carboxylic acids is 1. The van der Waals surface area contributed by atoms with Crippen LogP contribution in [-0.4, -0.2) is 317 Å². The van der Waals surface area contributed by atoms with E-state index in [1.807, 2.05) is 32.0 Å². The highest BCUT2D eigenvalue weighted by Crippen LogP contribution is 2.30. The zero-order valence-corrected chi connectivity index (χ0v) is 79.8. The Morgan fingerprint density at radius 3 is 1.67 bits per heavy atom. The number of hydrogen-bond acceptors (Lipinski definition) is 24. The van der Waals surface area contributed by atoms with E-state index in [1.165, 1.54) is 67.1 Å². The number of carbonyl (C=O) groups excluding carboxylic acids is 17. The summed E-state index contributed by atoms with van der Waals surface area (Å²) in [5.74, 6) is -20.5. The first-order valence-corrected chi connectivity index (χ1v) is 48.0. The van der Waals surface area contributed by atoms with Crippen LogP contribution in [0.25, 0.3) is 21.0 Å². The number of amides is 17. The predicted octanol–water partition coefficient (Wildman–Crippen LogP) is -1.71. The first-order valence-electron chi connectivity index (χ1n) is 46.0. The van der Waals surface area contributed by atoms with Gasteiger partial charge in [0.05, 0.1) is 38.1 Å². The number of unbranched alkanes of at least 4 members (excludes halogenated alkanes) is 2. The molecular weight excluding hydrogens is 1830 g/mol. The normalized spacial score (nSPS) is 23.9. The molecule has 3 aromatic heterocycles. The summed E-state index contributed by atoms with van der Waals surface area (Å²) in [6.07, 6.45) is 2.63. The Labute approximate surface area is 805 Å². The van der Waals surface area contributed by atoms with Gasteiger partial charge in [0.1, 0.15) is 90.3 Å². The number of nitrogens with two attached hydrogens (primary N) is 3. The molecule has 0 bridgehead atoms. The van der Waals surface area contributed by atoms with Crippen molar-refractivity contribution in [1.29, 1.82) is 5.41 Å². The van der Waals surface area contributed by atoms with Crippen molar-refractivity contribution in [3.63, 3.8) is 0 Å². The number of phenolic OH excluding ortho intramolecular Hbond substituents is 1. The van der Waals surface area contributed by atoms with Crippen molar-refractivity contribution in [2.75, 3.05) is 65.4 Å². The van der Waals surface area contributed by atoms with E-state index in [0.29, 0.717) is 81.0 Å². The van der Waals surface area contributed by atoms with Crippen LogP contribution in [0.3, 0.4) is 0 Å². The third kappa shape index (κ3) is 30.4. The number of benzene rings is 3. The van der Waals surface area contributed by atoms with Crippen LogP contribution in [0.2, 0.25) is 0 Å². The smallest absolute Gasteiger partial charge is 0.305 e. The number of rotatable bonds is 28. The number of phenols is 1. The molecule has 6 aromatic rings. The highest BCUT2D eigenvalue weighted by atomic mass is 32.2. The number of H-pyrrole nitrogens is 2. The van der Waals surface area contributed by atoms with E-state index < -0.39 is 241 Å². The van der Waals surface area contributed by atoms with E-state index in [1.54, 1.807) is 55.8 Å². The quantitative estimate of drug-likeness (QED) is 0.0148. The maximum Gasteiger partial charge on any atom is 0.305 e. The SMILES string of the molecule is CCCC[C@H]1C(=O)N(C)[C@@H](CCCC)C(=O)N[C@@H](CCCNC(=N)N)C(=O)N[C@H](C(=O)NCC(N)=O)CSCC(=O)N[C@@H](Cc2ccc(O)cc2)C(=O)N(C)[C@@H](CC(=O)O)C(=O)N[C@@H](CC(N)=O)C(=O)N2CCC[C@H]2C(=O)N[C@@H](Cc2cnc[nH]2)C(=O)N[C@@H](CC(C)C)C(=O)N2CCC[C@H]2C(=O)N[C@@H](Cc2c[nH]c3ccccc23)C(=O)N[C@@H](CO)C(=O)N[C@@H](Cc2csc3ccccc23)C(=O)N1C. The topological polar surface area (TPSA) is 663 Å². The van der Waals surface area contributed by atoms with Gasteiger partial charge in [-0.3, -0.25) is 91.7 Å². The number of hydrogen-bond donors (Lipinski definition) is 20. The van der Waals surface area contributed by atoms with Crippen molar-refractivity contribution >= 4 is 156 Å². The summed E-state index contributed by atoms with van der Waals surface area (Å²) in [4.78, 5) is 280. The molecule has 3 aliphatic heterocycles. The average Bonchev–Trinajstić information content (AvgIpc) is 1.56. The maximum absolute atomic E-state index is 15.8. The second-order valence-electron chi connectivity index (χ2n) is 35.1. The number of likely N-dealkylation sites (N-methyl/N-ethyl adjacent to an activating group) is 3. The largest absolute Gasteiger partial charge is 0.508 e. The van der Waals surface area contributed by atoms with E-state index in [2.05, 4.69) is 73.4 Å². The lowest BCUT2D eigenvalue weighted by atomic mass is 10.00. The lowest BCUT2D eigenvalue weighted by molar-refractivity contribution is -0.149. The number of carbonyl (C=O) groups is 18. The number of guanidine groups is 1. The molecule has 748 valence electrons. The molecule has 3 aliphatic rings. The predicted molar refractivity (Wildman–Crippen MR) is 508 cm³/mol. The van der Waals surface area contributed by atoms with Crippen LogP contribution in [0.4, 0.5) is 0 Å². The van der Waals surface area contributed by atoms with Gasteiger partial charge >= 0.3 is 5.97 Å². The molecule has 3 fully saturated rings. The number of aromatic nitrogens is 3. The number of primary amides is 2. The fourth-order valence-electron chi connectivity index (χ4n) is 17.0. The van der Waals surface area contributed by atoms with Gasteiger partial charge in [-0.05, 0) is 115 Å². The Balaban J connectivity index is 1.11. The molecular formula is C92H127N23O21S2. The lowest BCUT2D eigenvalue weighted by Gasteiger charge is -2.36. The third-order valence-corrected chi connectivity index (χ3v) is 26.4. The molecule has 9 rings (SSSR count). The van der Waals surface area contributed by atoms with Gasteiger partial charge in [0.15, 0.2) is 5.96 Å². The summed E-state index contributed by atoms with van der Waals surface area (Å²) in [7, 11) is 3.71. The standard InChI is InChI=1S/C92H127N23O21S2/c1-8-10-23-68-83(128)103-59(22-16-32-98-92(95)96)79(124)110-67(78(123)100-44-75(94)119)47-137-48-76(120)102-63(36-51-28-30-55(117)31-29-51)87(132)113(7)72(41-77(121)122)86(131)108-65(40-74(93)118)90(135)115-34-18-26-70(115)85(130)105-61(39-54-43-97-49-101-54)81(126)106-62(35-50(3)4)89(134)114-33-17-25-69(114)84(129)104-60(37-52-42-99-58-21-14-12-19-56(52)58)80(125)109-66(45-116)82(127)107-64(38-53-46-138-73-27-15-13-20-57(53)73)88(133)112(6)71(24-11-9-2)91(136)111(68)5/h12-15,19-21,27-31,42-43,46,49-50,59-72,99,116-117H,8-11,16-18,22-26,32-41,44-45,47-48H2,1-7H3,(H2,93,118)(H2,94,119)(H,97,101)(H,100,123)(H,102,120)(H,103,128)(H,104,129)(H,105,130)(H,106,126)(H,107,127)(H,108,131)(H,109,125)(H,110,124)(H,121,122)(H4,95,96,98)/t59-,60-,61-,62-,63-,64-,65-,66-,67-,68-,69-,70-,71-,72-/m0/s1. The molecule has 3 aromatic carbocycles. The van der Waals surface area contributed by atoms with Gasteiger partial charge in [-0.25, -0.2) is 4.98 Å². The Morgan fingerprint density at radius 1 is 0.536 bits per heavy atom. The molecule has 0 aliphatic carbocycles. The van der Waals surface area contributed by atoms with E-state index in [4.69, 9.17) is 22.6 Å². The summed E-state index contributed by atoms with van der Waals surface area (Å²) >= 11 is 2.05. The molecule has 44 nitrogen and oxygen atoms in total. The van der Waals surface area contributed by atoms with Crippen LogP contribution in [0.5, 0.6) is 5.75 Å². The molecule has 17 amide bonds.